The molecule has 1 aliphatic rings. The zero-order chi connectivity index (χ0) is 18.7. The van der Waals surface area contributed by atoms with Crippen LogP contribution in [0, 0.1) is 0 Å². The van der Waals surface area contributed by atoms with E-state index in [2.05, 4.69) is 32.9 Å². The summed E-state index contributed by atoms with van der Waals surface area (Å²) in [6, 6.07) is 15.9. The second kappa shape index (κ2) is 7.93. The molecule has 2 aromatic carbocycles. The summed E-state index contributed by atoms with van der Waals surface area (Å²) in [6.07, 6.45) is 0. The van der Waals surface area contributed by atoms with E-state index < -0.39 is 0 Å². The van der Waals surface area contributed by atoms with Crippen LogP contribution in [-0.4, -0.2) is 29.7 Å². The van der Waals surface area contributed by atoms with Crippen molar-refractivity contribution in [2.45, 2.75) is 31.6 Å². The molecule has 1 saturated heterocycles. The van der Waals surface area contributed by atoms with Crippen LogP contribution in [0.25, 0.3) is 0 Å². The van der Waals surface area contributed by atoms with E-state index in [1.165, 1.54) is 5.56 Å². The van der Waals surface area contributed by atoms with Gasteiger partial charge in [-0.2, -0.15) is 0 Å². The SMILES string of the molecule is CC(C)(C)c1ccc(OCCN2C(=O)CSC2c2ccc(Cl)cc2)cc1. The predicted octanol–water partition coefficient (Wildman–Crippen LogP) is 5.29. The fourth-order valence-electron chi connectivity index (χ4n) is 2.91. The number of hydrogen-bond acceptors (Lipinski definition) is 3. The van der Waals surface area contributed by atoms with Crippen LogP contribution in [0.5, 0.6) is 5.75 Å². The van der Waals surface area contributed by atoms with Gasteiger partial charge in [0.2, 0.25) is 5.91 Å². The van der Waals surface area contributed by atoms with Gasteiger partial charge in [-0.25, -0.2) is 0 Å². The van der Waals surface area contributed by atoms with Gasteiger partial charge < -0.3 is 9.64 Å². The lowest BCUT2D eigenvalue weighted by Crippen LogP contribution is -2.32. The summed E-state index contributed by atoms with van der Waals surface area (Å²) in [5, 5.41) is 0.739. The lowest BCUT2D eigenvalue weighted by atomic mass is 9.87. The highest BCUT2D eigenvalue weighted by Crippen LogP contribution is 2.38. The molecule has 0 radical (unpaired) electrons. The van der Waals surface area contributed by atoms with Gasteiger partial charge in [-0.05, 0) is 40.8 Å². The van der Waals surface area contributed by atoms with Crippen molar-refractivity contribution >= 4 is 29.3 Å². The molecular formula is C21H24ClNO2S. The van der Waals surface area contributed by atoms with Gasteiger partial charge in [0.15, 0.2) is 0 Å². The van der Waals surface area contributed by atoms with Crippen LogP contribution in [0.15, 0.2) is 48.5 Å². The summed E-state index contributed by atoms with van der Waals surface area (Å²) in [4.78, 5) is 14.1. The normalized spacial score (nSPS) is 17.6. The Kier molecular flexibility index (Phi) is 5.83. The molecule has 0 aromatic heterocycles. The second-order valence-electron chi connectivity index (χ2n) is 7.42. The second-order valence-corrected chi connectivity index (χ2v) is 8.93. The number of thioether (sulfide) groups is 1. The number of rotatable bonds is 5. The smallest absolute Gasteiger partial charge is 0.233 e. The van der Waals surface area contributed by atoms with E-state index >= 15 is 0 Å². The molecule has 0 N–H and O–H groups in total. The largest absolute Gasteiger partial charge is 0.492 e. The van der Waals surface area contributed by atoms with Gasteiger partial charge in [0.25, 0.3) is 0 Å². The number of amides is 1. The molecule has 0 bridgehead atoms. The molecule has 1 heterocycles. The maximum Gasteiger partial charge on any atom is 0.233 e. The van der Waals surface area contributed by atoms with E-state index in [9.17, 15) is 4.79 Å². The fraction of sp³-hybridized carbons (Fsp3) is 0.381. The van der Waals surface area contributed by atoms with E-state index in [4.69, 9.17) is 16.3 Å². The van der Waals surface area contributed by atoms with Crippen LogP contribution < -0.4 is 4.74 Å². The molecule has 0 spiro atoms. The summed E-state index contributed by atoms with van der Waals surface area (Å²) < 4.78 is 5.86. The van der Waals surface area contributed by atoms with E-state index in [0.29, 0.717) is 23.9 Å². The summed E-state index contributed by atoms with van der Waals surface area (Å²) in [5.74, 6) is 1.50. The van der Waals surface area contributed by atoms with Crippen molar-refractivity contribution in [1.29, 1.82) is 0 Å². The van der Waals surface area contributed by atoms with Crippen LogP contribution in [-0.2, 0) is 10.2 Å². The topological polar surface area (TPSA) is 29.5 Å². The van der Waals surface area contributed by atoms with Gasteiger partial charge in [0.05, 0.1) is 12.3 Å². The third-order valence-corrected chi connectivity index (χ3v) is 5.95. The minimum Gasteiger partial charge on any atom is -0.492 e. The maximum atomic E-state index is 12.2. The molecule has 26 heavy (non-hydrogen) atoms. The molecule has 138 valence electrons. The first-order chi connectivity index (χ1) is 12.3. The minimum absolute atomic E-state index is 0.0339. The maximum absolute atomic E-state index is 12.2. The van der Waals surface area contributed by atoms with Gasteiger partial charge in [-0.15, -0.1) is 11.8 Å². The Balaban J connectivity index is 1.59. The third-order valence-electron chi connectivity index (χ3n) is 4.44. The summed E-state index contributed by atoms with van der Waals surface area (Å²) in [5.41, 5.74) is 2.50. The van der Waals surface area contributed by atoms with Crippen LogP contribution >= 0.6 is 23.4 Å². The molecular weight excluding hydrogens is 366 g/mol. The lowest BCUT2D eigenvalue weighted by Gasteiger charge is -2.24. The van der Waals surface area contributed by atoms with Gasteiger partial charge in [-0.3, -0.25) is 4.79 Å². The Bertz CT molecular complexity index is 753. The van der Waals surface area contributed by atoms with Gasteiger partial charge in [-0.1, -0.05) is 56.6 Å². The molecule has 1 unspecified atom stereocenters. The Morgan fingerprint density at radius 3 is 2.38 bits per heavy atom. The van der Waals surface area contributed by atoms with Crippen molar-refractivity contribution in [3.8, 4) is 5.75 Å². The van der Waals surface area contributed by atoms with Gasteiger partial charge in [0.1, 0.15) is 17.7 Å². The summed E-state index contributed by atoms with van der Waals surface area (Å²) in [6.45, 7) is 7.62. The van der Waals surface area contributed by atoms with Crippen molar-refractivity contribution in [3.63, 3.8) is 0 Å². The highest BCUT2D eigenvalue weighted by molar-refractivity contribution is 8.00. The average molecular weight is 390 g/mol. The lowest BCUT2D eigenvalue weighted by molar-refractivity contribution is -0.128. The molecule has 1 atom stereocenters. The van der Waals surface area contributed by atoms with Crippen LogP contribution in [0.3, 0.4) is 0 Å². The molecule has 2 aromatic rings. The highest BCUT2D eigenvalue weighted by Gasteiger charge is 2.32. The van der Waals surface area contributed by atoms with Crippen molar-refractivity contribution in [2.75, 3.05) is 18.9 Å². The summed E-state index contributed by atoms with van der Waals surface area (Å²) >= 11 is 7.61. The van der Waals surface area contributed by atoms with Crippen molar-refractivity contribution in [2.24, 2.45) is 0 Å². The number of carbonyl (C=O) groups excluding carboxylic acids is 1. The zero-order valence-electron chi connectivity index (χ0n) is 15.4. The quantitative estimate of drug-likeness (QED) is 0.695. The zero-order valence-corrected chi connectivity index (χ0v) is 16.9. The summed E-state index contributed by atoms with van der Waals surface area (Å²) in [7, 11) is 0. The van der Waals surface area contributed by atoms with Crippen molar-refractivity contribution in [1.82, 2.24) is 4.90 Å². The van der Waals surface area contributed by atoms with E-state index in [1.807, 2.05) is 41.3 Å². The standard InChI is InChI=1S/C21H24ClNO2S/c1-21(2,3)16-6-10-18(11-7-16)25-13-12-23-19(24)14-26-20(23)15-4-8-17(22)9-5-15/h4-11,20H,12-14H2,1-3H3. The Morgan fingerprint density at radius 2 is 1.77 bits per heavy atom. The monoisotopic (exact) mass is 389 g/mol. The number of hydrogen-bond donors (Lipinski definition) is 0. The van der Waals surface area contributed by atoms with Crippen LogP contribution in [0.2, 0.25) is 5.02 Å². The molecule has 0 aliphatic carbocycles. The number of carbonyl (C=O) groups is 1. The van der Waals surface area contributed by atoms with E-state index in [0.717, 1.165) is 11.3 Å². The number of halogens is 1. The minimum atomic E-state index is 0.0339. The molecule has 1 aliphatic heterocycles. The first-order valence-corrected chi connectivity index (χ1v) is 10.2. The van der Waals surface area contributed by atoms with Crippen LogP contribution in [0.1, 0.15) is 37.3 Å². The Labute approximate surface area is 164 Å². The molecule has 0 saturated carbocycles. The molecule has 1 amide bonds. The molecule has 1 fully saturated rings. The van der Waals surface area contributed by atoms with Gasteiger partial charge in [0, 0.05) is 5.02 Å². The molecule has 3 nitrogen and oxygen atoms in total. The predicted molar refractivity (Wildman–Crippen MR) is 109 cm³/mol. The Hall–Kier alpha value is -1.65. The third kappa shape index (κ3) is 4.54. The highest BCUT2D eigenvalue weighted by atomic mass is 35.5. The van der Waals surface area contributed by atoms with Crippen molar-refractivity contribution in [3.05, 3.63) is 64.7 Å². The van der Waals surface area contributed by atoms with E-state index in [1.54, 1.807) is 11.8 Å². The molecule has 3 rings (SSSR count). The van der Waals surface area contributed by atoms with Crippen LogP contribution in [0.4, 0.5) is 0 Å². The number of nitrogens with zero attached hydrogens (tertiary/aromatic N) is 1. The molecule has 5 heteroatoms. The Morgan fingerprint density at radius 1 is 1.12 bits per heavy atom. The fourth-order valence-corrected chi connectivity index (χ4v) is 4.26. The van der Waals surface area contributed by atoms with E-state index in [-0.39, 0.29) is 16.7 Å². The number of benzene rings is 2. The first kappa shape index (κ1) is 19.1. The van der Waals surface area contributed by atoms with Gasteiger partial charge >= 0.3 is 0 Å². The first-order valence-electron chi connectivity index (χ1n) is 8.74. The number of ether oxygens (including phenoxy) is 1. The van der Waals surface area contributed by atoms with Crippen molar-refractivity contribution < 1.29 is 9.53 Å². The average Bonchev–Trinajstić information content (AvgIpc) is 2.96.